The van der Waals surface area contributed by atoms with Crippen molar-refractivity contribution in [3.8, 4) is 0 Å². The summed E-state index contributed by atoms with van der Waals surface area (Å²) >= 11 is 2.98. The number of hydrogen-bond acceptors (Lipinski definition) is 6. The van der Waals surface area contributed by atoms with Crippen LogP contribution in [0, 0.1) is 0 Å². The van der Waals surface area contributed by atoms with Crippen molar-refractivity contribution in [2.45, 2.75) is 6.42 Å². The number of rotatable bonds is 4. The van der Waals surface area contributed by atoms with Gasteiger partial charge in [0.2, 0.25) is 0 Å². The largest absolute Gasteiger partial charge is 0.375 e. The van der Waals surface area contributed by atoms with Crippen LogP contribution in [0.15, 0.2) is 29.8 Å². The van der Waals surface area contributed by atoms with Crippen molar-refractivity contribution in [1.29, 1.82) is 0 Å². The van der Waals surface area contributed by atoms with Crippen molar-refractivity contribution in [3.63, 3.8) is 0 Å². The van der Waals surface area contributed by atoms with Gasteiger partial charge in [-0.2, -0.15) is 0 Å². The van der Waals surface area contributed by atoms with E-state index in [1.807, 2.05) is 17.5 Å². The average molecular weight is 304 g/mol. The van der Waals surface area contributed by atoms with Gasteiger partial charge in [0.15, 0.2) is 5.13 Å². The number of amides is 1. The fourth-order valence-corrected chi connectivity index (χ4v) is 3.24. The number of carbonyl (C=O) groups excluding carboxylic acids is 1. The molecule has 3 N–H and O–H groups in total. The van der Waals surface area contributed by atoms with Crippen LogP contribution in [0.2, 0.25) is 0 Å². The molecule has 0 spiro atoms. The van der Waals surface area contributed by atoms with Crippen molar-refractivity contribution in [2.24, 2.45) is 0 Å². The molecule has 20 heavy (non-hydrogen) atoms. The molecule has 3 rings (SSSR count). The van der Waals surface area contributed by atoms with Crippen molar-refractivity contribution >= 4 is 43.9 Å². The second-order valence-corrected chi connectivity index (χ2v) is 6.21. The van der Waals surface area contributed by atoms with Gasteiger partial charge in [-0.1, -0.05) is 11.3 Å². The Morgan fingerprint density at radius 2 is 2.30 bits per heavy atom. The lowest BCUT2D eigenvalue weighted by molar-refractivity contribution is 0.0954. The number of nitrogens with one attached hydrogen (secondary N) is 1. The molecule has 0 radical (unpaired) electrons. The van der Waals surface area contributed by atoms with Gasteiger partial charge in [-0.15, -0.1) is 11.3 Å². The van der Waals surface area contributed by atoms with E-state index in [-0.39, 0.29) is 5.91 Å². The summed E-state index contributed by atoms with van der Waals surface area (Å²) in [7, 11) is 0. The summed E-state index contributed by atoms with van der Waals surface area (Å²) in [5.74, 6) is -0.0876. The van der Waals surface area contributed by atoms with Gasteiger partial charge in [-0.3, -0.25) is 4.79 Å². The van der Waals surface area contributed by atoms with Crippen LogP contribution in [-0.4, -0.2) is 22.4 Å². The van der Waals surface area contributed by atoms with Gasteiger partial charge in [0.25, 0.3) is 5.91 Å². The number of hydrogen-bond donors (Lipinski definition) is 2. The van der Waals surface area contributed by atoms with E-state index in [1.54, 1.807) is 23.6 Å². The maximum absolute atomic E-state index is 12.0. The van der Waals surface area contributed by atoms with Crippen LogP contribution >= 0.6 is 22.7 Å². The van der Waals surface area contributed by atoms with E-state index >= 15 is 0 Å². The highest BCUT2D eigenvalue weighted by Gasteiger charge is 2.08. The molecule has 2 aromatic heterocycles. The molecule has 5 nitrogen and oxygen atoms in total. The Bertz CT molecular complexity index is 736. The molecule has 0 fully saturated rings. The Morgan fingerprint density at radius 1 is 1.40 bits per heavy atom. The van der Waals surface area contributed by atoms with E-state index in [9.17, 15) is 4.79 Å². The molecule has 0 saturated carbocycles. The first-order valence-electron chi connectivity index (χ1n) is 6.05. The zero-order chi connectivity index (χ0) is 13.9. The number of fused-ring (bicyclic) bond motifs is 1. The molecule has 0 atom stereocenters. The minimum atomic E-state index is -0.0876. The maximum atomic E-state index is 12.0. The first-order chi connectivity index (χ1) is 9.72. The summed E-state index contributed by atoms with van der Waals surface area (Å²) in [6, 6.07) is 5.40. The Balaban J connectivity index is 1.65. The molecule has 0 bridgehead atoms. The fourth-order valence-electron chi connectivity index (χ4n) is 1.85. The molecule has 0 aliphatic carbocycles. The number of carbonyl (C=O) groups is 1. The van der Waals surface area contributed by atoms with Crippen molar-refractivity contribution < 1.29 is 4.79 Å². The lowest BCUT2D eigenvalue weighted by Crippen LogP contribution is -2.25. The quantitative estimate of drug-likeness (QED) is 0.775. The van der Waals surface area contributed by atoms with Crippen LogP contribution < -0.4 is 11.1 Å². The second kappa shape index (κ2) is 5.56. The monoisotopic (exact) mass is 304 g/mol. The number of benzene rings is 1. The fraction of sp³-hybridized carbons (Fsp3) is 0.154. The summed E-state index contributed by atoms with van der Waals surface area (Å²) in [5, 5.41) is 6.36. The molecule has 0 saturated heterocycles. The third-order valence-corrected chi connectivity index (χ3v) is 4.46. The zero-order valence-electron chi connectivity index (χ0n) is 10.5. The second-order valence-electron chi connectivity index (χ2n) is 4.17. The normalized spacial score (nSPS) is 10.8. The number of nitrogens with zero attached hydrogens (tertiary/aromatic N) is 2. The molecule has 102 valence electrons. The Kier molecular flexibility index (Phi) is 3.62. The zero-order valence-corrected chi connectivity index (χ0v) is 12.1. The van der Waals surface area contributed by atoms with E-state index in [0.29, 0.717) is 17.2 Å². The molecule has 7 heteroatoms. The number of aromatic nitrogens is 2. The lowest BCUT2D eigenvalue weighted by Gasteiger charge is -2.03. The number of nitrogens with two attached hydrogens (primary N) is 1. The molecular formula is C13H12N4OS2. The third-order valence-electron chi connectivity index (χ3n) is 2.78. The topological polar surface area (TPSA) is 80.9 Å². The number of nitrogen functional groups attached to an aromatic ring is 1. The first kappa shape index (κ1) is 13.0. The van der Waals surface area contributed by atoms with Gasteiger partial charge in [0.1, 0.15) is 0 Å². The highest BCUT2D eigenvalue weighted by molar-refractivity contribution is 7.22. The SMILES string of the molecule is Nc1nc2ccc(C(=O)NCCc3nccs3)cc2s1. The highest BCUT2D eigenvalue weighted by Crippen LogP contribution is 2.24. The van der Waals surface area contributed by atoms with Gasteiger partial charge in [-0.05, 0) is 18.2 Å². The third kappa shape index (κ3) is 2.78. The van der Waals surface area contributed by atoms with Gasteiger partial charge in [0, 0.05) is 30.1 Å². The van der Waals surface area contributed by atoms with E-state index in [1.165, 1.54) is 11.3 Å². The van der Waals surface area contributed by atoms with E-state index < -0.39 is 0 Å². The highest BCUT2D eigenvalue weighted by atomic mass is 32.1. The van der Waals surface area contributed by atoms with Crippen LogP contribution in [0.25, 0.3) is 10.2 Å². The summed E-state index contributed by atoms with van der Waals surface area (Å²) in [4.78, 5) is 20.4. The molecule has 0 aliphatic heterocycles. The minimum absolute atomic E-state index is 0.0876. The molecule has 2 heterocycles. The summed E-state index contributed by atoms with van der Waals surface area (Å²) in [6.07, 6.45) is 2.52. The maximum Gasteiger partial charge on any atom is 0.251 e. The van der Waals surface area contributed by atoms with Crippen molar-refractivity contribution in [1.82, 2.24) is 15.3 Å². The minimum Gasteiger partial charge on any atom is -0.375 e. The average Bonchev–Trinajstić information content (AvgIpc) is 3.05. The molecule has 1 amide bonds. The smallest absolute Gasteiger partial charge is 0.251 e. The van der Waals surface area contributed by atoms with Gasteiger partial charge in [-0.25, -0.2) is 9.97 Å². The van der Waals surface area contributed by atoms with Gasteiger partial charge < -0.3 is 11.1 Å². The van der Waals surface area contributed by atoms with Crippen LogP contribution in [0.3, 0.4) is 0 Å². The van der Waals surface area contributed by atoms with Crippen LogP contribution in [-0.2, 0) is 6.42 Å². The predicted molar refractivity (Wildman–Crippen MR) is 82.2 cm³/mol. The molecule has 0 unspecified atom stereocenters. The van der Waals surface area contributed by atoms with Gasteiger partial charge >= 0.3 is 0 Å². The molecule has 0 aliphatic rings. The predicted octanol–water partition coefficient (Wildman–Crippen LogP) is 2.31. The van der Waals surface area contributed by atoms with Crippen LogP contribution in [0.4, 0.5) is 5.13 Å². The van der Waals surface area contributed by atoms with E-state index in [0.717, 1.165) is 21.6 Å². The molecular weight excluding hydrogens is 292 g/mol. The molecule has 3 aromatic rings. The van der Waals surface area contributed by atoms with E-state index in [2.05, 4.69) is 15.3 Å². The summed E-state index contributed by atoms with van der Waals surface area (Å²) in [5.41, 5.74) is 7.10. The summed E-state index contributed by atoms with van der Waals surface area (Å²) < 4.78 is 0.926. The Hall–Kier alpha value is -1.99. The Labute approximate surface area is 123 Å². The summed E-state index contributed by atoms with van der Waals surface area (Å²) in [6.45, 7) is 0.579. The van der Waals surface area contributed by atoms with Crippen molar-refractivity contribution in [2.75, 3.05) is 12.3 Å². The Morgan fingerprint density at radius 3 is 3.10 bits per heavy atom. The van der Waals surface area contributed by atoms with Crippen LogP contribution in [0.1, 0.15) is 15.4 Å². The first-order valence-corrected chi connectivity index (χ1v) is 7.74. The van der Waals surface area contributed by atoms with Crippen LogP contribution in [0.5, 0.6) is 0 Å². The molecule has 1 aromatic carbocycles. The standard InChI is InChI=1S/C13H12N4OS2/c14-13-17-9-2-1-8(7-10(9)20-13)12(18)16-4-3-11-15-5-6-19-11/h1-2,5-7H,3-4H2,(H2,14,17)(H,16,18). The van der Waals surface area contributed by atoms with E-state index in [4.69, 9.17) is 5.73 Å². The van der Waals surface area contributed by atoms with Crippen molar-refractivity contribution in [3.05, 3.63) is 40.3 Å². The lowest BCUT2D eigenvalue weighted by atomic mass is 10.2. The number of thiazole rings is 2. The van der Waals surface area contributed by atoms with Gasteiger partial charge in [0.05, 0.1) is 15.2 Å². The number of anilines is 1.